The Morgan fingerprint density at radius 2 is 2.00 bits per heavy atom. The Labute approximate surface area is 91.9 Å². The molecule has 0 aliphatic heterocycles. The molecule has 72 valence electrons. The van der Waals surface area contributed by atoms with E-state index in [0.717, 1.165) is 5.69 Å². The first kappa shape index (κ1) is 9.62. The molecular weight excluding hydrogens is 216 g/mol. The van der Waals surface area contributed by atoms with E-state index in [-0.39, 0.29) is 0 Å². The van der Waals surface area contributed by atoms with Crippen molar-refractivity contribution in [2.75, 3.05) is 6.26 Å². The van der Waals surface area contributed by atoms with Gasteiger partial charge in [-0.2, -0.15) is 0 Å². The first-order chi connectivity index (χ1) is 6.81. The number of aromatic nitrogens is 2. The van der Waals surface area contributed by atoms with E-state index < -0.39 is 0 Å². The van der Waals surface area contributed by atoms with Gasteiger partial charge in [-0.15, -0.1) is 11.8 Å². The Balaban J connectivity index is 2.39. The van der Waals surface area contributed by atoms with E-state index in [9.17, 15) is 0 Å². The Hall–Kier alpha value is -0.930. The summed E-state index contributed by atoms with van der Waals surface area (Å²) in [4.78, 5) is 5.20. The van der Waals surface area contributed by atoms with Gasteiger partial charge in [0.05, 0.1) is 0 Å². The minimum absolute atomic E-state index is 0.488. The molecule has 0 saturated heterocycles. The van der Waals surface area contributed by atoms with E-state index in [4.69, 9.17) is 11.6 Å². The van der Waals surface area contributed by atoms with Crippen molar-refractivity contribution in [1.82, 2.24) is 9.55 Å². The molecule has 0 atom stereocenters. The van der Waals surface area contributed by atoms with E-state index in [1.807, 2.05) is 22.9 Å². The van der Waals surface area contributed by atoms with Crippen LogP contribution in [0.15, 0.2) is 41.6 Å². The first-order valence-corrected chi connectivity index (χ1v) is 5.75. The highest BCUT2D eigenvalue weighted by atomic mass is 35.5. The molecule has 1 heterocycles. The van der Waals surface area contributed by atoms with Crippen molar-refractivity contribution < 1.29 is 0 Å². The SMILES string of the molecule is CSc1ccc(-n2ccnc2Cl)cc1. The van der Waals surface area contributed by atoms with Gasteiger partial charge in [-0.25, -0.2) is 4.98 Å². The summed E-state index contributed by atoms with van der Waals surface area (Å²) in [6.45, 7) is 0. The zero-order valence-electron chi connectivity index (χ0n) is 7.64. The van der Waals surface area contributed by atoms with Crippen LogP contribution in [-0.2, 0) is 0 Å². The van der Waals surface area contributed by atoms with Crippen LogP contribution < -0.4 is 0 Å². The van der Waals surface area contributed by atoms with Crippen molar-refractivity contribution in [2.45, 2.75) is 4.90 Å². The highest BCUT2D eigenvalue weighted by molar-refractivity contribution is 7.98. The zero-order valence-corrected chi connectivity index (χ0v) is 9.22. The third kappa shape index (κ3) is 1.79. The molecule has 0 unspecified atom stereocenters. The van der Waals surface area contributed by atoms with Crippen molar-refractivity contribution in [3.63, 3.8) is 0 Å². The van der Waals surface area contributed by atoms with Crippen molar-refractivity contribution in [3.8, 4) is 5.69 Å². The van der Waals surface area contributed by atoms with Gasteiger partial charge in [0.2, 0.25) is 5.28 Å². The predicted molar refractivity (Wildman–Crippen MR) is 60.4 cm³/mol. The summed E-state index contributed by atoms with van der Waals surface area (Å²) < 4.78 is 1.84. The van der Waals surface area contributed by atoms with Crippen molar-refractivity contribution >= 4 is 23.4 Å². The molecular formula is C10H9ClN2S. The lowest BCUT2D eigenvalue weighted by Gasteiger charge is -2.03. The van der Waals surface area contributed by atoms with E-state index >= 15 is 0 Å². The molecule has 0 amide bonds. The Kier molecular flexibility index (Phi) is 2.79. The molecule has 1 aromatic heterocycles. The van der Waals surface area contributed by atoms with Crippen LogP contribution in [0.25, 0.3) is 5.69 Å². The average molecular weight is 225 g/mol. The highest BCUT2D eigenvalue weighted by Crippen LogP contribution is 2.19. The lowest BCUT2D eigenvalue weighted by molar-refractivity contribution is 1.05. The fourth-order valence-corrected chi connectivity index (χ4v) is 1.84. The van der Waals surface area contributed by atoms with E-state index in [0.29, 0.717) is 5.28 Å². The summed E-state index contributed by atoms with van der Waals surface area (Å²) in [5, 5.41) is 0.488. The van der Waals surface area contributed by atoms with Gasteiger partial charge in [0.1, 0.15) is 0 Å². The Morgan fingerprint density at radius 3 is 2.50 bits per heavy atom. The Morgan fingerprint density at radius 1 is 1.29 bits per heavy atom. The monoisotopic (exact) mass is 224 g/mol. The minimum Gasteiger partial charge on any atom is -0.291 e. The summed E-state index contributed by atoms with van der Waals surface area (Å²) in [7, 11) is 0. The highest BCUT2D eigenvalue weighted by Gasteiger charge is 2.00. The number of hydrogen-bond acceptors (Lipinski definition) is 2. The summed E-state index contributed by atoms with van der Waals surface area (Å²) in [5.41, 5.74) is 1.03. The molecule has 0 saturated carbocycles. The molecule has 0 bridgehead atoms. The molecule has 2 nitrogen and oxygen atoms in total. The molecule has 0 fully saturated rings. The molecule has 0 spiro atoms. The maximum Gasteiger partial charge on any atom is 0.207 e. The normalized spacial score (nSPS) is 10.4. The van der Waals surface area contributed by atoms with Crippen LogP contribution in [0.4, 0.5) is 0 Å². The van der Waals surface area contributed by atoms with Crippen LogP contribution in [0.5, 0.6) is 0 Å². The van der Waals surface area contributed by atoms with E-state index in [1.54, 1.807) is 18.0 Å². The second-order valence-corrected chi connectivity index (χ2v) is 3.98. The van der Waals surface area contributed by atoms with Gasteiger partial charge in [-0.05, 0) is 42.1 Å². The number of nitrogens with zero attached hydrogens (tertiary/aromatic N) is 2. The average Bonchev–Trinajstić information content (AvgIpc) is 2.65. The van der Waals surface area contributed by atoms with Crippen LogP contribution in [0.3, 0.4) is 0 Å². The van der Waals surface area contributed by atoms with Crippen LogP contribution in [0, 0.1) is 0 Å². The summed E-state index contributed by atoms with van der Waals surface area (Å²) in [6.07, 6.45) is 5.58. The summed E-state index contributed by atoms with van der Waals surface area (Å²) in [6, 6.07) is 8.19. The van der Waals surface area contributed by atoms with Crippen LogP contribution in [0.2, 0.25) is 5.28 Å². The molecule has 14 heavy (non-hydrogen) atoms. The van der Waals surface area contributed by atoms with E-state index in [1.165, 1.54) is 4.90 Å². The summed E-state index contributed by atoms with van der Waals surface area (Å²) in [5.74, 6) is 0. The largest absolute Gasteiger partial charge is 0.291 e. The molecule has 0 aliphatic rings. The minimum atomic E-state index is 0.488. The lowest BCUT2D eigenvalue weighted by atomic mass is 10.3. The lowest BCUT2D eigenvalue weighted by Crippen LogP contribution is -1.91. The molecule has 2 rings (SSSR count). The van der Waals surface area contributed by atoms with Gasteiger partial charge in [0.25, 0.3) is 0 Å². The second-order valence-electron chi connectivity index (χ2n) is 2.76. The van der Waals surface area contributed by atoms with Crippen LogP contribution in [0.1, 0.15) is 0 Å². The smallest absolute Gasteiger partial charge is 0.207 e. The number of rotatable bonds is 2. The maximum atomic E-state index is 5.89. The van der Waals surface area contributed by atoms with Gasteiger partial charge >= 0.3 is 0 Å². The van der Waals surface area contributed by atoms with Crippen molar-refractivity contribution in [2.24, 2.45) is 0 Å². The zero-order chi connectivity index (χ0) is 9.97. The van der Waals surface area contributed by atoms with Gasteiger partial charge in [0, 0.05) is 23.0 Å². The fraction of sp³-hybridized carbons (Fsp3) is 0.100. The topological polar surface area (TPSA) is 17.8 Å². The van der Waals surface area contributed by atoms with E-state index in [2.05, 4.69) is 23.4 Å². The third-order valence-corrected chi connectivity index (χ3v) is 2.97. The van der Waals surface area contributed by atoms with Gasteiger partial charge in [-0.1, -0.05) is 0 Å². The van der Waals surface area contributed by atoms with Crippen molar-refractivity contribution in [3.05, 3.63) is 41.9 Å². The second kappa shape index (κ2) is 4.07. The molecule has 4 heteroatoms. The molecule has 0 radical (unpaired) electrons. The fourth-order valence-electron chi connectivity index (χ4n) is 1.22. The molecule has 0 N–H and O–H groups in total. The number of benzene rings is 1. The van der Waals surface area contributed by atoms with Crippen molar-refractivity contribution in [1.29, 1.82) is 0 Å². The Bertz CT molecular complexity index is 422. The quantitative estimate of drug-likeness (QED) is 0.729. The summed E-state index contributed by atoms with van der Waals surface area (Å²) >= 11 is 7.62. The number of thioether (sulfide) groups is 1. The standard InChI is InChI=1S/C10H9ClN2S/c1-14-9-4-2-8(3-5-9)13-7-6-12-10(13)11/h2-7H,1H3. The molecule has 2 aromatic rings. The van der Waals surface area contributed by atoms with Gasteiger partial charge < -0.3 is 0 Å². The van der Waals surface area contributed by atoms with Crippen LogP contribution >= 0.6 is 23.4 Å². The van der Waals surface area contributed by atoms with Crippen LogP contribution in [-0.4, -0.2) is 15.8 Å². The number of halogens is 1. The predicted octanol–water partition coefficient (Wildman–Crippen LogP) is 3.25. The van der Waals surface area contributed by atoms with Gasteiger partial charge in [-0.3, -0.25) is 4.57 Å². The maximum absolute atomic E-state index is 5.89. The molecule has 1 aromatic carbocycles. The van der Waals surface area contributed by atoms with Gasteiger partial charge in [0.15, 0.2) is 0 Å². The number of imidazole rings is 1. The first-order valence-electron chi connectivity index (χ1n) is 4.14. The molecule has 0 aliphatic carbocycles. The number of hydrogen-bond donors (Lipinski definition) is 0. The third-order valence-electron chi connectivity index (χ3n) is 1.95.